The predicted molar refractivity (Wildman–Crippen MR) is 82.1 cm³/mol. The molecule has 2 rings (SSSR count). The first-order chi connectivity index (χ1) is 10.0. The van der Waals surface area contributed by atoms with E-state index in [0.717, 1.165) is 11.3 Å². The lowest BCUT2D eigenvalue weighted by atomic mass is 10.0. The SMILES string of the molecule is COc1ccc(C(C)Nc2ccccc2C(C)O)c(F)c1. The zero-order chi connectivity index (χ0) is 15.4. The van der Waals surface area contributed by atoms with Crippen LogP contribution in [0.25, 0.3) is 0 Å². The summed E-state index contributed by atoms with van der Waals surface area (Å²) in [5.41, 5.74) is 2.14. The molecule has 0 saturated heterocycles. The lowest BCUT2D eigenvalue weighted by Crippen LogP contribution is -2.11. The third-order valence-corrected chi connectivity index (χ3v) is 3.46. The molecule has 2 N–H and O–H groups in total. The Balaban J connectivity index is 2.24. The van der Waals surface area contributed by atoms with E-state index in [-0.39, 0.29) is 11.9 Å². The smallest absolute Gasteiger partial charge is 0.132 e. The van der Waals surface area contributed by atoms with Crippen molar-refractivity contribution in [1.29, 1.82) is 0 Å². The molecule has 0 aliphatic heterocycles. The average Bonchev–Trinajstić information content (AvgIpc) is 2.47. The fourth-order valence-corrected chi connectivity index (χ4v) is 2.29. The first-order valence-electron chi connectivity index (χ1n) is 6.90. The van der Waals surface area contributed by atoms with Crippen LogP contribution in [0.15, 0.2) is 42.5 Å². The summed E-state index contributed by atoms with van der Waals surface area (Å²) in [4.78, 5) is 0. The first-order valence-corrected chi connectivity index (χ1v) is 6.90. The Morgan fingerprint density at radius 2 is 1.81 bits per heavy atom. The molecule has 112 valence electrons. The van der Waals surface area contributed by atoms with Crippen molar-refractivity contribution in [1.82, 2.24) is 0 Å². The summed E-state index contributed by atoms with van der Waals surface area (Å²) in [5, 5.41) is 13.0. The minimum atomic E-state index is -0.582. The topological polar surface area (TPSA) is 41.5 Å². The number of para-hydroxylation sites is 1. The Hall–Kier alpha value is -2.07. The molecule has 21 heavy (non-hydrogen) atoms. The summed E-state index contributed by atoms with van der Waals surface area (Å²) >= 11 is 0. The van der Waals surface area contributed by atoms with E-state index in [9.17, 15) is 9.50 Å². The van der Waals surface area contributed by atoms with Gasteiger partial charge < -0.3 is 15.2 Å². The standard InChI is InChI=1S/C17H20FNO2/c1-11(14-9-8-13(21-3)10-16(14)18)19-17-7-5-4-6-15(17)12(2)20/h4-12,19-20H,1-3H3. The Bertz CT molecular complexity index is 613. The van der Waals surface area contributed by atoms with E-state index in [4.69, 9.17) is 4.74 Å². The second-order valence-corrected chi connectivity index (χ2v) is 5.02. The lowest BCUT2D eigenvalue weighted by Gasteiger charge is -2.20. The van der Waals surface area contributed by atoms with Gasteiger partial charge in [0, 0.05) is 22.9 Å². The van der Waals surface area contributed by atoms with Gasteiger partial charge in [-0.2, -0.15) is 0 Å². The van der Waals surface area contributed by atoms with Gasteiger partial charge in [-0.25, -0.2) is 4.39 Å². The van der Waals surface area contributed by atoms with Crippen LogP contribution in [0.1, 0.15) is 37.1 Å². The van der Waals surface area contributed by atoms with Crippen LogP contribution in [-0.2, 0) is 0 Å². The summed E-state index contributed by atoms with van der Waals surface area (Å²) in [6.07, 6.45) is -0.582. The molecule has 0 amide bonds. The molecular formula is C17H20FNO2. The fraction of sp³-hybridized carbons (Fsp3) is 0.294. The molecular weight excluding hydrogens is 269 g/mol. The Kier molecular flexibility index (Phi) is 4.81. The molecule has 2 aromatic rings. The van der Waals surface area contributed by atoms with Crippen molar-refractivity contribution in [2.45, 2.75) is 26.0 Å². The normalized spacial score (nSPS) is 13.6. The molecule has 4 heteroatoms. The van der Waals surface area contributed by atoms with E-state index >= 15 is 0 Å². The Morgan fingerprint density at radius 3 is 2.43 bits per heavy atom. The van der Waals surface area contributed by atoms with E-state index in [1.54, 1.807) is 19.1 Å². The third kappa shape index (κ3) is 3.52. The Morgan fingerprint density at radius 1 is 1.10 bits per heavy atom. The number of aliphatic hydroxyl groups is 1. The molecule has 0 heterocycles. The van der Waals surface area contributed by atoms with Crippen molar-refractivity contribution in [2.24, 2.45) is 0 Å². The predicted octanol–water partition coefficient (Wildman–Crippen LogP) is 4.06. The molecule has 0 aromatic heterocycles. The number of aliphatic hydroxyl groups excluding tert-OH is 1. The number of methoxy groups -OCH3 is 1. The molecule has 0 spiro atoms. The van der Waals surface area contributed by atoms with Gasteiger partial charge in [-0.1, -0.05) is 24.3 Å². The minimum Gasteiger partial charge on any atom is -0.497 e. The average molecular weight is 289 g/mol. The number of halogens is 1. The van der Waals surface area contributed by atoms with Crippen LogP contribution in [0.5, 0.6) is 5.75 Å². The molecule has 0 saturated carbocycles. The summed E-state index contributed by atoms with van der Waals surface area (Å²) < 4.78 is 19.1. The number of benzene rings is 2. The highest BCUT2D eigenvalue weighted by molar-refractivity contribution is 5.53. The van der Waals surface area contributed by atoms with Gasteiger partial charge in [0.15, 0.2) is 0 Å². The number of anilines is 1. The van der Waals surface area contributed by atoms with Crippen LogP contribution in [0.4, 0.5) is 10.1 Å². The van der Waals surface area contributed by atoms with Gasteiger partial charge in [-0.15, -0.1) is 0 Å². The van der Waals surface area contributed by atoms with Crippen molar-refractivity contribution in [3.63, 3.8) is 0 Å². The first kappa shape index (κ1) is 15.3. The van der Waals surface area contributed by atoms with Crippen molar-refractivity contribution in [3.8, 4) is 5.75 Å². The van der Waals surface area contributed by atoms with Crippen LogP contribution < -0.4 is 10.1 Å². The second-order valence-electron chi connectivity index (χ2n) is 5.02. The van der Waals surface area contributed by atoms with E-state index in [1.807, 2.05) is 31.2 Å². The summed E-state index contributed by atoms with van der Waals surface area (Å²) in [7, 11) is 1.51. The molecule has 0 bridgehead atoms. The maximum Gasteiger partial charge on any atom is 0.132 e. The van der Waals surface area contributed by atoms with Gasteiger partial charge in [0.05, 0.1) is 19.3 Å². The van der Waals surface area contributed by atoms with Gasteiger partial charge in [-0.3, -0.25) is 0 Å². The van der Waals surface area contributed by atoms with Crippen LogP contribution in [-0.4, -0.2) is 12.2 Å². The monoisotopic (exact) mass is 289 g/mol. The highest BCUT2D eigenvalue weighted by Crippen LogP contribution is 2.28. The van der Waals surface area contributed by atoms with E-state index < -0.39 is 6.10 Å². The van der Waals surface area contributed by atoms with Crippen LogP contribution in [0, 0.1) is 5.82 Å². The number of hydrogen-bond donors (Lipinski definition) is 2. The number of nitrogens with one attached hydrogen (secondary N) is 1. The molecule has 0 radical (unpaired) electrons. The zero-order valence-corrected chi connectivity index (χ0v) is 12.4. The highest BCUT2D eigenvalue weighted by Gasteiger charge is 2.14. The summed E-state index contributed by atoms with van der Waals surface area (Å²) in [6.45, 7) is 3.59. The number of rotatable bonds is 5. The van der Waals surface area contributed by atoms with E-state index in [1.165, 1.54) is 13.2 Å². The maximum absolute atomic E-state index is 14.1. The lowest BCUT2D eigenvalue weighted by molar-refractivity contribution is 0.200. The van der Waals surface area contributed by atoms with Crippen molar-refractivity contribution >= 4 is 5.69 Å². The quantitative estimate of drug-likeness (QED) is 0.872. The summed E-state index contributed by atoms with van der Waals surface area (Å²) in [6, 6.07) is 12.1. The van der Waals surface area contributed by atoms with Crippen LogP contribution in [0.2, 0.25) is 0 Å². The molecule has 2 unspecified atom stereocenters. The molecule has 3 nitrogen and oxygen atoms in total. The van der Waals surface area contributed by atoms with E-state index in [2.05, 4.69) is 5.32 Å². The molecule has 0 aliphatic carbocycles. The molecule has 0 fully saturated rings. The third-order valence-electron chi connectivity index (χ3n) is 3.46. The van der Waals surface area contributed by atoms with Crippen LogP contribution >= 0.6 is 0 Å². The van der Waals surface area contributed by atoms with Crippen molar-refractivity contribution in [3.05, 3.63) is 59.4 Å². The van der Waals surface area contributed by atoms with Gasteiger partial charge in [0.2, 0.25) is 0 Å². The van der Waals surface area contributed by atoms with Crippen molar-refractivity contribution in [2.75, 3.05) is 12.4 Å². The van der Waals surface area contributed by atoms with Crippen molar-refractivity contribution < 1.29 is 14.2 Å². The van der Waals surface area contributed by atoms with Gasteiger partial charge >= 0.3 is 0 Å². The van der Waals surface area contributed by atoms with Crippen LogP contribution in [0.3, 0.4) is 0 Å². The largest absolute Gasteiger partial charge is 0.497 e. The molecule has 2 aromatic carbocycles. The van der Waals surface area contributed by atoms with Gasteiger partial charge in [0.1, 0.15) is 11.6 Å². The number of ether oxygens (including phenoxy) is 1. The Labute approximate surface area is 124 Å². The maximum atomic E-state index is 14.1. The zero-order valence-electron chi connectivity index (χ0n) is 12.4. The fourth-order valence-electron chi connectivity index (χ4n) is 2.29. The summed E-state index contributed by atoms with van der Waals surface area (Å²) in [5.74, 6) is 0.178. The van der Waals surface area contributed by atoms with E-state index in [0.29, 0.717) is 11.3 Å². The second kappa shape index (κ2) is 6.59. The molecule has 2 atom stereocenters. The molecule has 0 aliphatic rings. The number of hydrogen-bond acceptors (Lipinski definition) is 3. The highest BCUT2D eigenvalue weighted by atomic mass is 19.1. The van der Waals surface area contributed by atoms with Gasteiger partial charge in [0.25, 0.3) is 0 Å². The van der Waals surface area contributed by atoms with Gasteiger partial charge in [-0.05, 0) is 26.0 Å². The minimum absolute atomic E-state index is 0.226.